The standard InChI is InChI=1S/C64H121NO10/c1-3-5-7-9-11-13-15-17-19-20-21-22-23-24-25-26-27-28-29-30-31-32-33-34-35-36-37-38-40-42-44-46-48-50-52-57(68)63(73)65-55(54-74-64-62(72)61(71)60(70)58(53-66)75-64)59(69)56(67)51-49-47-45-43-41-39-18-16-14-12-10-8-6-4-2/h23-24,26-27,43,45,55-62,64,66-72H,3-22,25,28-42,44,46-54H2,1-2H3,(H,65,73)/b24-23-,27-26-,45-43+. The minimum Gasteiger partial charge on any atom is -0.394 e. The number of amides is 1. The van der Waals surface area contributed by atoms with Gasteiger partial charge in [-0.05, 0) is 70.6 Å². The van der Waals surface area contributed by atoms with Gasteiger partial charge in [-0.25, -0.2) is 0 Å². The number of ether oxygens (including phenoxy) is 2. The van der Waals surface area contributed by atoms with Crippen LogP contribution in [0.2, 0.25) is 0 Å². The Labute approximate surface area is 460 Å². The van der Waals surface area contributed by atoms with Gasteiger partial charge in [0.05, 0.1) is 25.4 Å². The number of carbonyl (C=O) groups is 1. The van der Waals surface area contributed by atoms with Gasteiger partial charge in [-0.1, -0.05) is 262 Å². The number of rotatable bonds is 55. The zero-order valence-electron chi connectivity index (χ0n) is 48.5. The lowest BCUT2D eigenvalue weighted by atomic mass is 9.98. The highest BCUT2D eigenvalue weighted by molar-refractivity contribution is 5.80. The number of nitrogens with one attached hydrogen (secondary N) is 1. The summed E-state index contributed by atoms with van der Waals surface area (Å²) >= 11 is 0. The molecule has 1 rings (SSSR count). The molecule has 0 spiro atoms. The summed E-state index contributed by atoms with van der Waals surface area (Å²) in [7, 11) is 0. The Kier molecular flexibility index (Phi) is 50.4. The van der Waals surface area contributed by atoms with Gasteiger partial charge >= 0.3 is 0 Å². The van der Waals surface area contributed by atoms with E-state index in [4.69, 9.17) is 9.47 Å². The van der Waals surface area contributed by atoms with E-state index in [1.54, 1.807) is 0 Å². The summed E-state index contributed by atoms with van der Waals surface area (Å²) in [5.41, 5.74) is 0. The second kappa shape index (κ2) is 53.0. The molecule has 0 radical (unpaired) electrons. The second-order valence-electron chi connectivity index (χ2n) is 22.5. The lowest BCUT2D eigenvalue weighted by molar-refractivity contribution is -0.303. The van der Waals surface area contributed by atoms with E-state index in [9.17, 15) is 40.5 Å². The molecule has 1 saturated heterocycles. The molecule has 9 unspecified atom stereocenters. The number of hydrogen-bond acceptors (Lipinski definition) is 10. The molecular weight excluding hydrogens is 943 g/mol. The Morgan fingerprint density at radius 3 is 1.23 bits per heavy atom. The predicted molar refractivity (Wildman–Crippen MR) is 312 cm³/mol. The maximum Gasteiger partial charge on any atom is 0.249 e. The van der Waals surface area contributed by atoms with E-state index in [1.165, 1.54) is 212 Å². The van der Waals surface area contributed by atoms with Crippen LogP contribution in [0.5, 0.6) is 0 Å². The summed E-state index contributed by atoms with van der Waals surface area (Å²) in [4.78, 5) is 13.2. The van der Waals surface area contributed by atoms with Gasteiger partial charge in [-0.3, -0.25) is 4.79 Å². The zero-order chi connectivity index (χ0) is 54.7. The van der Waals surface area contributed by atoms with Gasteiger partial charge in [0.1, 0.15) is 36.6 Å². The summed E-state index contributed by atoms with van der Waals surface area (Å²) in [6, 6.07) is -1.18. The van der Waals surface area contributed by atoms with Gasteiger partial charge in [0.2, 0.25) is 5.91 Å². The number of hydrogen-bond donors (Lipinski definition) is 8. The monoisotopic (exact) mass is 1060 g/mol. The fraction of sp³-hybridized carbons (Fsp3) is 0.891. The van der Waals surface area contributed by atoms with Crippen LogP contribution in [0, 0.1) is 0 Å². The minimum absolute atomic E-state index is 0.255. The first-order chi connectivity index (χ1) is 36.7. The number of aliphatic hydroxyl groups is 7. The quantitative estimate of drug-likeness (QED) is 0.0215. The van der Waals surface area contributed by atoms with Crippen LogP contribution in [0.3, 0.4) is 0 Å². The molecule has 1 heterocycles. The Hall–Kier alpha value is -1.67. The van der Waals surface area contributed by atoms with Crippen molar-refractivity contribution in [3.63, 3.8) is 0 Å². The molecule has 1 aliphatic heterocycles. The summed E-state index contributed by atoms with van der Waals surface area (Å²) in [5, 5.41) is 76.1. The van der Waals surface area contributed by atoms with E-state index in [1.807, 2.05) is 0 Å². The second-order valence-corrected chi connectivity index (χ2v) is 22.5. The highest BCUT2D eigenvalue weighted by atomic mass is 16.7. The lowest BCUT2D eigenvalue weighted by Crippen LogP contribution is -2.60. The van der Waals surface area contributed by atoms with Crippen molar-refractivity contribution in [2.24, 2.45) is 0 Å². The van der Waals surface area contributed by atoms with Crippen LogP contribution in [0.4, 0.5) is 0 Å². The van der Waals surface area contributed by atoms with Crippen molar-refractivity contribution in [1.29, 1.82) is 0 Å². The molecule has 0 aromatic rings. The van der Waals surface area contributed by atoms with E-state index >= 15 is 0 Å². The molecule has 75 heavy (non-hydrogen) atoms. The maximum absolute atomic E-state index is 13.2. The smallest absolute Gasteiger partial charge is 0.249 e. The van der Waals surface area contributed by atoms with Crippen molar-refractivity contribution >= 4 is 5.91 Å². The first-order valence-corrected chi connectivity index (χ1v) is 31.9. The van der Waals surface area contributed by atoms with E-state index in [-0.39, 0.29) is 12.8 Å². The Balaban J connectivity index is 2.18. The van der Waals surface area contributed by atoms with Crippen molar-refractivity contribution in [2.45, 2.75) is 351 Å². The summed E-state index contributed by atoms with van der Waals surface area (Å²) < 4.78 is 11.1. The van der Waals surface area contributed by atoms with E-state index in [2.05, 4.69) is 55.6 Å². The van der Waals surface area contributed by atoms with E-state index in [0.29, 0.717) is 12.8 Å². The van der Waals surface area contributed by atoms with Gasteiger partial charge in [-0.2, -0.15) is 0 Å². The van der Waals surface area contributed by atoms with Gasteiger partial charge in [-0.15, -0.1) is 0 Å². The van der Waals surface area contributed by atoms with E-state index in [0.717, 1.165) is 44.9 Å². The first-order valence-electron chi connectivity index (χ1n) is 31.9. The third kappa shape index (κ3) is 41.1. The van der Waals surface area contributed by atoms with Crippen LogP contribution in [0.1, 0.15) is 296 Å². The van der Waals surface area contributed by atoms with Gasteiger partial charge in [0.15, 0.2) is 6.29 Å². The molecule has 0 aromatic heterocycles. The summed E-state index contributed by atoms with van der Waals surface area (Å²) in [6.07, 6.45) is 55.2. The molecule has 0 aliphatic carbocycles. The normalized spacial score (nSPS) is 19.9. The van der Waals surface area contributed by atoms with Crippen molar-refractivity contribution in [3.05, 3.63) is 36.5 Å². The lowest BCUT2D eigenvalue weighted by Gasteiger charge is -2.40. The minimum atomic E-state index is -1.67. The molecule has 1 amide bonds. The highest BCUT2D eigenvalue weighted by Crippen LogP contribution is 2.23. The first kappa shape index (κ1) is 71.3. The number of allylic oxidation sites excluding steroid dienone is 6. The Morgan fingerprint density at radius 2 is 0.827 bits per heavy atom. The van der Waals surface area contributed by atoms with Gasteiger partial charge in [0, 0.05) is 0 Å². The molecule has 1 fully saturated rings. The van der Waals surface area contributed by atoms with Crippen LogP contribution in [-0.4, -0.2) is 110 Å². The predicted octanol–water partition coefficient (Wildman–Crippen LogP) is 14.2. The molecule has 0 aromatic carbocycles. The molecule has 0 saturated carbocycles. The van der Waals surface area contributed by atoms with Crippen LogP contribution in [-0.2, 0) is 14.3 Å². The number of carbonyl (C=O) groups excluding carboxylic acids is 1. The molecular formula is C64H121NO10. The largest absolute Gasteiger partial charge is 0.394 e. The maximum atomic E-state index is 13.2. The van der Waals surface area contributed by atoms with Gasteiger partial charge in [0.25, 0.3) is 0 Å². The molecule has 9 atom stereocenters. The van der Waals surface area contributed by atoms with Crippen molar-refractivity contribution < 1.29 is 50.0 Å². The molecule has 442 valence electrons. The number of aliphatic hydroxyl groups excluding tert-OH is 7. The molecule has 0 bridgehead atoms. The van der Waals surface area contributed by atoms with Crippen molar-refractivity contribution in [3.8, 4) is 0 Å². The van der Waals surface area contributed by atoms with Crippen LogP contribution in [0.25, 0.3) is 0 Å². The number of unbranched alkanes of at least 4 members (excludes halogenated alkanes) is 37. The van der Waals surface area contributed by atoms with Crippen LogP contribution in [0.15, 0.2) is 36.5 Å². The van der Waals surface area contributed by atoms with Gasteiger partial charge < -0.3 is 50.5 Å². The van der Waals surface area contributed by atoms with Crippen molar-refractivity contribution in [1.82, 2.24) is 5.32 Å². The molecule has 1 aliphatic rings. The highest BCUT2D eigenvalue weighted by Gasteiger charge is 2.44. The van der Waals surface area contributed by atoms with Crippen LogP contribution < -0.4 is 5.32 Å². The SMILES string of the molecule is CCCCCCCCCCC/C=C/CCCC(O)C(O)C(COC1OC(CO)C(O)C(O)C1O)NC(=O)C(O)CCCCCCCCCCCCCCCCCC/C=C\C/C=C\CCCCCCCCCCCCC. The fourth-order valence-electron chi connectivity index (χ4n) is 10.2. The average molecular weight is 1060 g/mol. The van der Waals surface area contributed by atoms with E-state index < -0.39 is 74.2 Å². The Morgan fingerprint density at radius 1 is 0.467 bits per heavy atom. The third-order valence-electron chi connectivity index (χ3n) is 15.4. The summed E-state index contributed by atoms with van der Waals surface area (Å²) in [6.45, 7) is 3.46. The Bertz CT molecular complexity index is 1310. The molecule has 11 nitrogen and oxygen atoms in total. The topological polar surface area (TPSA) is 189 Å². The van der Waals surface area contributed by atoms with Crippen molar-refractivity contribution in [2.75, 3.05) is 13.2 Å². The molecule has 8 N–H and O–H groups in total. The third-order valence-corrected chi connectivity index (χ3v) is 15.4. The molecule has 11 heteroatoms. The average Bonchev–Trinajstić information content (AvgIpc) is 3.41. The fourth-order valence-corrected chi connectivity index (χ4v) is 10.2. The van der Waals surface area contributed by atoms with Crippen LogP contribution >= 0.6 is 0 Å². The summed E-state index contributed by atoms with van der Waals surface area (Å²) in [5.74, 6) is -0.704. The zero-order valence-corrected chi connectivity index (χ0v) is 48.5.